The van der Waals surface area contributed by atoms with Gasteiger partial charge in [0, 0.05) is 5.54 Å². The van der Waals surface area contributed by atoms with Gasteiger partial charge in [-0.3, -0.25) is 0 Å². The van der Waals surface area contributed by atoms with E-state index in [2.05, 4.69) is 20.8 Å². The van der Waals surface area contributed by atoms with Gasteiger partial charge < -0.3 is 5.73 Å². The molecule has 66 valence electrons. The van der Waals surface area contributed by atoms with Crippen LogP contribution in [0.1, 0.15) is 46.5 Å². The number of hydrogen-bond acceptors (Lipinski definition) is 1. The Kier molecular flexibility index (Phi) is 2.58. The summed E-state index contributed by atoms with van der Waals surface area (Å²) in [5, 5.41) is 0. The van der Waals surface area contributed by atoms with Crippen molar-refractivity contribution in [2.24, 2.45) is 17.6 Å². The average Bonchev–Trinajstić information content (AvgIpc) is 1.85. The Hall–Kier alpha value is -0.0400. The first kappa shape index (κ1) is 9.05. The summed E-state index contributed by atoms with van der Waals surface area (Å²) >= 11 is 0. The molecular formula is C10H21N. The standard InChI is InChI=1S/C10H21N/c1-8(2)9-5-4-6-10(3,11)7-9/h8-9H,4-7,11H2,1-3H3/t9-,10+/m1/s1. The molecule has 1 fully saturated rings. The third-order valence-electron chi connectivity index (χ3n) is 2.99. The molecule has 2 atom stereocenters. The van der Waals surface area contributed by atoms with E-state index in [9.17, 15) is 0 Å². The highest BCUT2D eigenvalue weighted by molar-refractivity contribution is 4.87. The maximum atomic E-state index is 6.11. The van der Waals surface area contributed by atoms with Crippen molar-refractivity contribution in [1.82, 2.24) is 0 Å². The predicted octanol–water partition coefficient (Wildman–Crippen LogP) is 2.55. The van der Waals surface area contributed by atoms with E-state index >= 15 is 0 Å². The second-order valence-electron chi connectivity index (χ2n) is 4.75. The summed E-state index contributed by atoms with van der Waals surface area (Å²) in [6, 6.07) is 0. The second-order valence-corrected chi connectivity index (χ2v) is 4.75. The van der Waals surface area contributed by atoms with E-state index in [0.717, 1.165) is 11.8 Å². The fourth-order valence-corrected chi connectivity index (χ4v) is 2.14. The molecule has 0 bridgehead atoms. The summed E-state index contributed by atoms with van der Waals surface area (Å²) in [5.74, 6) is 1.69. The van der Waals surface area contributed by atoms with Gasteiger partial charge >= 0.3 is 0 Å². The van der Waals surface area contributed by atoms with Gasteiger partial charge in [-0.2, -0.15) is 0 Å². The average molecular weight is 155 g/mol. The zero-order chi connectivity index (χ0) is 8.48. The molecule has 11 heavy (non-hydrogen) atoms. The highest BCUT2D eigenvalue weighted by Crippen LogP contribution is 2.34. The summed E-state index contributed by atoms with van der Waals surface area (Å²) < 4.78 is 0. The van der Waals surface area contributed by atoms with Crippen LogP contribution >= 0.6 is 0 Å². The Morgan fingerprint density at radius 3 is 2.45 bits per heavy atom. The van der Waals surface area contributed by atoms with Crippen molar-refractivity contribution in [3.8, 4) is 0 Å². The van der Waals surface area contributed by atoms with Crippen LogP contribution in [0.3, 0.4) is 0 Å². The number of nitrogens with two attached hydrogens (primary N) is 1. The summed E-state index contributed by atoms with van der Waals surface area (Å²) in [4.78, 5) is 0. The lowest BCUT2D eigenvalue weighted by atomic mass is 9.73. The quantitative estimate of drug-likeness (QED) is 0.618. The molecule has 0 aromatic heterocycles. The third-order valence-corrected chi connectivity index (χ3v) is 2.99. The first-order valence-electron chi connectivity index (χ1n) is 4.80. The van der Waals surface area contributed by atoms with E-state index in [-0.39, 0.29) is 5.54 Å². The van der Waals surface area contributed by atoms with Crippen LogP contribution in [-0.4, -0.2) is 5.54 Å². The summed E-state index contributed by atoms with van der Waals surface area (Å²) in [6.07, 6.45) is 5.17. The molecule has 0 amide bonds. The van der Waals surface area contributed by atoms with E-state index in [1.54, 1.807) is 0 Å². The molecule has 0 aliphatic heterocycles. The van der Waals surface area contributed by atoms with E-state index in [1.165, 1.54) is 25.7 Å². The first-order valence-corrected chi connectivity index (χ1v) is 4.80. The minimum atomic E-state index is 0.132. The Bertz CT molecular complexity index is 127. The first-order chi connectivity index (χ1) is 5.01. The van der Waals surface area contributed by atoms with Crippen LogP contribution in [0.15, 0.2) is 0 Å². The second kappa shape index (κ2) is 3.14. The van der Waals surface area contributed by atoms with Crippen molar-refractivity contribution in [3.63, 3.8) is 0 Å². The van der Waals surface area contributed by atoms with Gasteiger partial charge in [-0.25, -0.2) is 0 Å². The zero-order valence-corrected chi connectivity index (χ0v) is 8.06. The molecule has 0 heterocycles. The minimum Gasteiger partial charge on any atom is -0.325 e. The molecule has 1 nitrogen and oxygen atoms in total. The molecule has 1 rings (SSSR count). The summed E-state index contributed by atoms with van der Waals surface area (Å²) in [6.45, 7) is 6.82. The monoisotopic (exact) mass is 155 g/mol. The highest BCUT2D eigenvalue weighted by atomic mass is 14.7. The molecular weight excluding hydrogens is 134 g/mol. The topological polar surface area (TPSA) is 26.0 Å². The van der Waals surface area contributed by atoms with E-state index in [1.807, 2.05) is 0 Å². The molecule has 2 N–H and O–H groups in total. The van der Waals surface area contributed by atoms with Crippen molar-refractivity contribution in [1.29, 1.82) is 0 Å². The Morgan fingerprint density at radius 2 is 2.09 bits per heavy atom. The van der Waals surface area contributed by atoms with Crippen LogP contribution in [0.25, 0.3) is 0 Å². The lowest BCUT2D eigenvalue weighted by molar-refractivity contribution is 0.197. The van der Waals surface area contributed by atoms with Gasteiger partial charge in [-0.15, -0.1) is 0 Å². The maximum Gasteiger partial charge on any atom is 0.0128 e. The van der Waals surface area contributed by atoms with Crippen molar-refractivity contribution >= 4 is 0 Å². The maximum absolute atomic E-state index is 6.11. The van der Waals surface area contributed by atoms with Gasteiger partial charge in [-0.05, 0) is 31.6 Å². The lowest BCUT2D eigenvalue weighted by Gasteiger charge is -2.36. The summed E-state index contributed by atoms with van der Waals surface area (Å²) in [5.41, 5.74) is 6.24. The molecule has 0 saturated heterocycles. The molecule has 0 spiro atoms. The Labute approximate surface area is 70.4 Å². The van der Waals surface area contributed by atoms with Crippen LogP contribution in [0.5, 0.6) is 0 Å². The van der Waals surface area contributed by atoms with Gasteiger partial charge in [0.25, 0.3) is 0 Å². The highest BCUT2D eigenvalue weighted by Gasteiger charge is 2.29. The Balaban J connectivity index is 2.46. The van der Waals surface area contributed by atoms with E-state index in [4.69, 9.17) is 5.73 Å². The lowest BCUT2D eigenvalue weighted by Crippen LogP contribution is -2.42. The fraction of sp³-hybridized carbons (Fsp3) is 1.00. The smallest absolute Gasteiger partial charge is 0.0128 e. The molecule has 0 aromatic carbocycles. The number of hydrogen-bond donors (Lipinski definition) is 1. The summed E-state index contributed by atoms with van der Waals surface area (Å²) in [7, 11) is 0. The van der Waals surface area contributed by atoms with Crippen molar-refractivity contribution in [2.75, 3.05) is 0 Å². The van der Waals surface area contributed by atoms with E-state index in [0.29, 0.717) is 0 Å². The van der Waals surface area contributed by atoms with Gasteiger partial charge in [-0.1, -0.05) is 26.7 Å². The van der Waals surface area contributed by atoms with Crippen LogP contribution in [0.4, 0.5) is 0 Å². The van der Waals surface area contributed by atoms with Crippen LogP contribution in [0, 0.1) is 11.8 Å². The van der Waals surface area contributed by atoms with Crippen LogP contribution in [-0.2, 0) is 0 Å². The molecule has 1 aliphatic rings. The van der Waals surface area contributed by atoms with Gasteiger partial charge in [0.05, 0.1) is 0 Å². The molecule has 0 aromatic rings. The molecule has 1 heteroatoms. The van der Waals surface area contributed by atoms with Crippen LogP contribution < -0.4 is 5.73 Å². The molecule has 1 saturated carbocycles. The van der Waals surface area contributed by atoms with E-state index < -0.39 is 0 Å². The van der Waals surface area contributed by atoms with Gasteiger partial charge in [0.2, 0.25) is 0 Å². The van der Waals surface area contributed by atoms with Crippen molar-refractivity contribution in [2.45, 2.75) is 52.0 Å². The number of rotatable bonds is 1. The molecule has 0 radical (unpaired) electrons. The zero-order valence-electron chi connectivity index (χ0n) is 8.06. The van der Waals surface area contributed by atoms with Crippen LogP contribution in [0.2, 0.25) is 0 Å². The van der Waals surface area contributed by atoms with Gasteiger partial charge in [0.1, 0.15) is 0 Å². The third kappa shape index (κ3) is 2.48. The Morgan fingerprint density at radius 1 is 1.45 bits per heavy atom. The van der Waals surface area contributed by atoms with Crippen molar-refractivity contribution < 1.29 is 0 Å². The van der Waals surface area contributed by atoms with Crippen molar-refractivity contribution in [3.05, 3.63) is 0 Å². The normalized spacial score (nSPS) is 39.5. The largest absolute Gasteiger partial charge is 0.325 e. The predicted molar refractivity (Wildman–Crippen MR) is 49.4 cm³/mol. The van der Waals surface area contributed by atoms with Gasteiger partial charge in [0.15, 0.2) is 0 Å². The fourth-order valence-electron chi connectivity index (χ4n) is 2.14. The SMILES string of the molecule is CC(C)[C@@H]1CCC[C@](C)(N)C1. The minimum absolute atomic E-state index is 0.132. The molecule has 0 unspecified atom stereocenters. The molecule has 1 aliphatic carbocycles.